The highest BCUT2D eigenvalue weighted by molar-refractivity contribution is 7.99. The second kappa shape index (κ2) is 7.61. The Morgan fingerprint density at radius 1 is 1.15 bits per heavy atom. The van der Waals surface area contributed by atoms with Crippen molar-refractivity contribution < 1.29 is 22.7 Å². The van der Waals surface area contributed by atoms with Crippen LogP contribution in [0.5, 0.6) is 5.75 Å². The summed E-state index contributed by atoms with van der Waals surface area (Å²) >= 11 is 1.57. The molecule has 0 saturated carbocycles. The molecule has 0 N–H and O–H groups in total. The van der Waals surface area contributed by atoms with Gasteiger partial charge in [0.1, 0.15) is 11.1 Å². The molecule has 0 aromatic heterocycles. The number of amides is 1. The molecular formula is C19H18F3NO2S. The zero-order chi connectivity index (χ0) is 18.7. The van der Waals surface area contributed by atoms with Gasteiger partial charge in [0, 0.05) is 12.3 Å². The second-order valence-electron chi connectivity index (χ2n) is 5.95. The van der Waals surface area contributed by atoms with E-state index in [4.69, 9.17) is 4.74 Å². The SMILES string of the molecule is COc1ccc(CC(=O)N2CCSC2c2ccc(C(F)(F)F)cc2)cc1. The van der Waals surface area contributed by atoms with Gasteiger partial charge in [-0.05, 0) is 35.4 Å². The summed E-state index contributed by atoms with van der Waals surface area (Å²) in [6.45, 7) is 0.589. The molecule has 2 aromatic carbocycles. The van der Waals surface area contributed by atoms with Gasteiger partial charge in [-0.2, -0.15) is 13.2 Å². The van der Waals surface area contributed by atoms with Gasteiger partial charge in [-0.25, -0.2) is 0 Å². The third-order valence-corrected chi connectivity index (χ3v) is 5.51. The molecule has 1 atom stereocenters. The molecule has 1 fully saturated rings. The highest BCUT2D eigenvalue weighted by Crippen LogP contribution is 2.39. The van der Waals surface area contributed by atoms with Gasteiger partial charge in [-0.1, -0.05) is 24.3 Å². The highest BCUT2D eigenvalue weighted by atomic mass is 32.2. The predicted molar refractivity (Wildman–Crippen MR) is 95.1 cm³/mol. The molecule has 26 heavy (non-hydrogen) atoms. The first-order valence-electron chi connectivity index (χ1n) is 8.09. The number of halogens is 3. The van der Waals surface area contributed by atoms with Gasteiger partial charge in [0.2, 0.25) is 5.91 Å². The van der Waals surface area contributed by atoms with E-state index in [1.165, 1.54) is 12.1 Å². The number of thioether (sulfide) groups is 1. The Balaban J connectivity index is 1.71. The Bertz CT molecular complexity index is 760. The summed E-state index contributed by atoms with van der Waals surface area (Å²) in [4.78, 5) is 14.4. The highest BCUT2D eigenvalue weighted by Gasteiger charge is 2.33. The quantitative estimate of drug-likeness (QED) is 0.779. The maximum absolute atomic E-state index is 12.7. The fourth-order valence-corrected chi connectivity index (χ4v) is 4.14. The van der Waals surface area contributed by atoms with Crippen LogP contribution in [0, 0.1) is 0 Å². The number of hydrogen-bond donors (Lipinski definition) is 0. The van der Waals surface area contributed by atoms with Crippen molar-refractivity contribution in [3.63, 3.8) is 0 Å². The molecule has 1 unspecified atom stereocenters. The van der Waals surface area contributed by atoms with Crippen LogP contribution >= 0.6 is 11.8 Å². The van der Waals surface area contributed by atoms with Crippen molar-refractivity contribution in [1.29, 1.82) is 0 Å². The summed E-state index contributed by atoms with van der Waals surface area (Å²) in [5.41, 5.74) is 0.905. The summed E-state index contributed by atoms with van der Waals surface area (Å²) in [5.74, 6) is 1.45. The van der Waals surface area contributed by atoms with Crippen molar-refractivity contribution in [1.82, 2.24) is 4.90 Å². The molecular weight excluding hydrogens is 363 g/mol. The van der Waals surface area contributed by atoms with E-state index in [2.05, 4.69) is 0 Å². The molecule has 0 bridgehead atoms. The van der Waals surface area contributed by atoms with Crippen LogP contribution in [0.15, 0.2) is 48.5 Å². The van der Waals surface area contributed by atoms with Crippen molar-refractivity contribution in [2.75, 3.05) is 19.4 Å². The monoisotopic (exact) mass is 381 g/mol. The van der Waals surface area contributed by atoms with Crippen molar-refractivity contribution in [3.05, 3.63) is 65.2 Å². The first-order chi connectivity index (χ1) is 12.4. The molecule has 3 rings (SSSR count). The van der Waals surface area contributed by atoms with E-state index in [9.17, 15) is 18.0 Å². The smallest absolute Gasteiger partial charge is 0.416 e. The predicted octanol–water partition coefficient (Wildman–Crippen LogP) is 4.53. The first-order valence-corrected chi connectivity index (χ1v) is 9.14. The van der Waals surface area contributed by atoms with E-state index in [0.29, 0.717) is 12.1 Å². The van der Waals surface area contributed by atoms with Gasteiger partial charge in [-0.15, -0.1) is 11.8 Å². The number of nitrogens with zero attached hydrogens (tertiary/aromatic N) is 1. The zero-order valence-corrected chi connectivity index (χ0v) is 14.9. The number of alkyl halides is 3. The lowest BCUT2D eigenvalue weighted by Crippen LogP contribution is -2.31. The minimum atomic E-state index is -4.36. The average molecular weight is 381 g/mol. The molecule has 1 heterocycles. The lowest BCUT2D eigenvalue weighted by molar-refractivity contribution is -0.137. The molecule has 0 radical (unpaired) electrons. The molecule has 2 aromatic rings. The summed E-state index contributed by atoms with van der Waals surface area (Å²) in [6, 6.07) is 12.3. The van der Waals surface area contributed by atoms with Crippen molar-refractivity contribution in [2.45, 2.75) is 18.0 Å². The van der Waals surface area contributed by atoms with Crippen LogP contribution in [-0.2, 0) is 17.4 Å². The number of carbonyl (C=O) groups excluding carboxylic acids is 1. The minimum absolute atomic E-state index is 0.0370. The Morgan fingerprint density at radius 2 is 1.81 bits per heavy atom. The summed E-state index contributed by atoms with van der Waals surface area (Å²) in [6.07, 6.45) is -4.10. The molecule has 0 spiro atoms. The van der Waals surface area contributed by atoms with Crippen molar-refractivity contribution >= 4 is 17.7 Å². The largest absolute Gasteiger partial charge is 0.497 e. The van der Waals surface area contributed by atoms with Crippen LogP contribution in [0.25, 0.3) is 0 Å². The van der Waals surface area contributed by atoms with Crippen LogP contribution in [0.4, 0.5) is 13.2 Å². The first kappa shape index (κ1) is 18.6. The van der Waals surface area contributed by atoms with Gasteiger partial charge in [0.25, 0.3) is 0 Å². The van der Waals surface area contributed by atoms with E-state index in [-0.39, 0.29) is 17.7 Å². The van der Waals surface area contributed by atoms with Gasteiger partial charge in [0.05, 0.1) is 19.1 Å². The Kier molecular flexibility index (Phi) is 5.46. The van der Waals surface area contributed by atoms with Gasteiger partial charge < -0.3 is 9.64 Å². The summed E-state index contributed by atoms with van der Waals surface area (Å²) in [5, 5.41) is -0.247. The molecule has 0 aliphatic carbocycles. The Labute approximate surface area is 154 Å². The number of rotatable bonds is 4. The average Bonchev–Trinajstić information content (AvgIpc) is 3.11. The lowest BCUT2D eigenvalue weighted by atomic mass is 10.1. The van der Waals surface area contributed by atoms with Gasteiger partial charge in [-0.3, -0.25) is 4.79 Å². The molecule has 1 aliphatic rings. The number of ether oxygens (including phenoxy) is 1. The summed E-state index contributed by atoms with van der Waals surface area (Å²) in [7, 11) is 1.58. The third kappa shape index (κ3) is 4.15. The number of carbonyl (C=O) groups is 1. The molecule has 1 amide bonds. The van der Waals surface area contributed by atoms with Gasteiger partial charge >= 0.3 is 6.18 Å². The maximum Gasteiger partial charge on any atom is 0.416 e. The molecule has 138 valence electrons. The molecule has 7 heteroatoms. The Morgan fingerprint density at radius 3 is 2.38 bits per heavy atom. The molecule has 3 nitrogen and oxygen atoms in total. The van der Waals surface area contributed by atoms with Crippen molar-refractivity contribution in [2.24, 2.45) is 0 Å². The second-order valence-corrected chi connectivity index (χ2v) is 7.14. The lowest BCUT2D eigenvalue weighted by Gasteiger charge is -2.24. The van der Waals surface area contributed by atoms with E-state index in [1.807, 2.05) is 12.1 Å². The summed E-state index contributed by atoms with van der Waals surface area (Å²) < 4.78 is 43.3. The van der Waals surface area contributed by atoms with E-state index in [1.54, 1.807) is 35.9 Å². The fraction of sp³-hybridized carbons (Fsp3) is 0.316. The van der Waals surface area contributed by atoms with Crippen LogP contribution in [0.1, 0.15) is 22.1 Å². The van der Waals surface area contributed by atoms with Crippen LogP contribution in [0.3, 0.4) is 0 Å². The van der Waals surface area contributed by atoms with E-state index in [0.717, 1.165) is 29.2 Å². The normalized spacial score (nSPS) is 17.4. The topological polar surface area (TPSA) is 29.5 Å². The third-order valence-electron chi connectivity index (χ3n) is 4.25. The van der Waals surface area contributed by atoms with Crippen LogP contribution < -0.4 is 4.74 Å². The Hall–Kier alpha value is -2.15. The zero-order valence-electron chi connectivity index (χ0n) is 14.1. The molecule has 1 saturated heterocycles. The number of methoxy groups -OCH3 is 1. The van der Waals surface area contributed by atoms with E-state index >= 15 is 0 Å². The van der Waals surface area contributed by atoms with Crippen LogP contribution in [0.2, 0.25) is 0 Å². The van der Waals surface area contributed by atoms with Crippen molar-refractivity contribution in [3.8, 4) is 5.75 Å². The maximum atomic E-state index is 12.7. The number of benzene rings is 2. The number of hydrogen-bond acceptors (Lipinski definition) is 3. The van der Waals surface area contributed by atoms with Crippen LogP contribution in [-0.4, -0.2) is 30.2 Å². The van der Waals surface area contributed by atoms with Gasteiger partial charge in [0.15, 0.2) is 0 Å². The fourth-order valence-electron chi connectivity index (χ4n) is 2.86. The minimum Gasteiger partial charge on any atom is -0.497 e. The standard InChI is InChI=1S/C19H18F3NO2S/c1-25-16-8-2-13(3-9-16)12-17(24)23-10-11-26-18(23)14-4-6-15(7-5-14)19(20,21)22/h2-9,18H,10-12H2,1H3. The van der Waals surface area contributed by atoms with E-state index < -0.39 is 11.7 Å². The molecule has 1 aliphatic heterocycles.